The molecule has 0 spiro atoms. The number of aromatic nitrogens is 2. The zero-order chi connectivity index (χ0) is 19.2. The third kappa shape index (κ3) is 3.39. The summed E-state index contributed by atoms with van der Waals surface area (Å²) in [5.74, 6) is 0. The molecule has 0 aliphatic carbocycles. The van der Waals surface area contributed by atoms with E-state index in [0.29, 0.717) is 12.1 Å². The average Bonchev–Trinajstić information content (AvgIpc) is 2.75. The van der Waals surface area contributed by atoms with Gasteiger partial charge in [-0.1, -0.05) is 11.6 Å². The van der Waals surface area contributed by atoms with Crippen molar-refractivity contribution in [2.75, 3.05) is 20.1 Å². The molecule has 1 atom stereocenters. The molecule has 0 N–H and O–H groups in total. The highest BCUT2D eigenvalue weighted by atomic mass is 19.1. The lowest BCUT2D eigenvalue weighted by molar-refractivity contribution is 0.162. The second-order valence-corrected chi connectivity index (χ2v) is 8.22. The fourth-order valence-corrected chi connectivity index (χ4v) is 4.31. The zero-order valence-corrected chi connectivity index (χ0v) is 16.7. The van der Waals surface area contributed by atoms with Gasteiger partial charge in [-0.2, -0.15) is 0 Å². The van der Waals surface area contributed by atoms with Gasteiger partial charge in [0.1, 0.15) is 0 Å². The van der Waals surface area contributed by atoms with Crippen molar-refractivity contribution in [3.05, 3.63) is 64.6 Å². The van der Waals surface area contributed by atoms with E-state index in [1.165, 1.54) is 22.2 Å². The van der Waals surface area contributed by atoms with Gasteiger partial charge >= 0.3 is 0 Å². The smallest absolute Gasteiger partial charge is 0.151 e. The highest BCUT2D eigenvalue weighted by Crippen LogP contribution is 2.35. The maximum atomic E-state index is 15.9. The first-order chi connectivity index (χ1) is 12.8. The van der Waals surface area contributed by atoms with Gasteiger partial charge in [0.2, 0.25) is 0 Å². The standard InChI is InChI=1S/C23H28FN3/c1-16-5-6-21-20(13-16)19-8-11-26(4)12-9-22(19)27(21)15-23(3,24)18-7-10-25-17(2)14-18/h5-7,10,13-14H,8-9,11-12,15H2,1-4H3. The number of pyridine rings is 1. The average molecular weight is 365 g/mol. The van der Waals surface area contributed by atoms with Crippen molar-refractivity contribution in [1.82, 2.24) is 14.5 Å². The van der Waals surface area contributed by atoms with Gasteiger partial charge in [0, 0.05) is 48.0 Å². The Kier molecular flexibility index (Phi) is 4.55. The molecule has 2 aromatic heterocycles. The Balaban J connectivity index is 1.84. The van der Waals surface area contributed by atoms with E-state index in [4.69, 9.17) is 0 Å². The van der Waals surface area contributed by atoms with Crippen LogP contribution < -0.4 is 0 Å². The highest BCUT2D eigenvalue weighted by molar-refractivity contribution is 5.86. The molecule has 3 nitrogen and oxygen atoms in total. The Hall–Kier alpha value is -2.20. The second-order valence-electron chi connectivity index (χ2n) is 8.22. The quantitative estimate of drug-likeness (QED) is 0.678. The number of nitrogens with zero attached hydrogens (tertiary/aromatic N) is 3. The topological polar surface area (TPSA) is 21.1 Å². The molecule has 1 unspecified atom stereocenters. The summed E-state index contributed by atoms with van der Waals surface area (Å²) in [6, 6.07) is 10.2. The Bertz CT molecular complexity index is 987. The predicted molar refractivity (Wildman–Crippen MR) is 109 cm³/mol. The number of aryl methyl sites for hydroxylation is 2. The van der Waals surface area contributed by atoms with E-state index in [0.717, 1.165) is 37.1 Å². The normalized spacial score (nSPS) is 17.5. The fraction of sp³-hybridized carbons (Fsp3) is 0.435. The highest BCUT2D eigenvalue weighted by Gasteiger charge is 2.30. The van der Waals surface area contributed by atoms with Crippen molar-refractivity contribution >= 4 is 10.9 Å². The molecule has 0 amide bonds. The van der Waals surface area contributed by atoms with E-state index < -0.39 is 5.67 Å². The third-order valence-electron chi connectivity index (χ3n) is 5.87. The lowest BCUT2D eigenvalue weighted by Crippen LogP contribution is -2.25. The molecular formula is C23H28FN3. The van der Waals surface area contributed by atoms with Crippen molar-refractivity contribution in [2.45, 2.75) is 45.8 Å². The summed E-state index contributed by atoms with van der Waals surface area (Å²) in [7, 11) is 2.17. The van der Waals surface area contributed by atoms with Gasteiger partial charge in [-0.25, -0.2) is 4.39 Å². The van der Waals surface area contributed by atoms with Crippen LogP contribution in [0.3, 0.4) is 0 Å². The molecular weight excluding hydrogens is 337 g/mol. The summed E-state index contributed by atoms with van der Waals surface area (Å²) < 4.78 is 18.1. The number of benzene rings is 1. The molecule has 4 rings (SSSR count). The van der Waals surface area contributed by atoms with E-state index in [1.54, 1.807) is 19.2 Å². The van der Waals surface area contributed by atoms with Crippen molar-refractivity contribution in [3.63, 3.8) is 0 Å². The van der Waals surface area contributed by atoms with Gasteiger partial charge in [0.05, 0.1) is 6.54 Å². The van der Waals surface area contributed by atoms with Crippen LogP contribution in [-0.2, 0) is 25.1 Å². The molecule has 1 aliphatic rings. The molecule has 3 heterocycles. The molecule has 4 heteroatoms. The number of hydrogen-bond acceptors (Lipinski definition) is 2. The monoisotopic (exact) mass is 365 g/mol. The molecule has 0 bridgehead atoms. The molecule has 27 heavy (non-hydrogen) atoms. The van der Waals surface area contributed by atoms with Crippen LogP contribution in [0.15, 0.2) is 36.5 Å². The van der Waals surface area contributed by atoms with Crippen LogP contribution in [0, 0.1) is 13.8 Å². The molecule has 0 radical (unpaired) electrons. The summed E-state index contributed by atoms with van der Waals surface area (Å²) in [6.45, 7) is 8.13. The van der Waals surface area contributed by atoms with Crippen LogP contribution in [0.25, 0.3) is 10.9 Å². The minimum Gasteiger partial charge on any atom is -0.341 e. The van der Waals surface area contributed by atoms with Crippen LogP contribution in [0.5, 0.6) is 0 Å². The second kappa shape index (κ2) is 6.75. The van der Waals surface area contributed by atoms with Crippen molar-refractivity contribution in [3.8, 4) is 0 Å². The number of hydrogen-bond donors (Lipinski definition) is 0. The molecule has 1 aromatic carbocycles. The van der Waals surface area contributed by atoms with E-state index in [9.17, 15) is 0 Å². The van der Waals surface area contributed by atoms with Gasteiger partial charge in [-0.3, -0.25) is 4.98 Å². The van der Waals surface area contributed by atoms with E-state index in [2.05, 4.69) is 46.6 Å². The fourth-order valence-electron chi connectivity index (χ4n) is 4.31. The maximum Gasteiger partial charge on any atom is 0.151 e. The Morgan fingerprint density at radius 3 is 2.67 bits per heavy atom. The molecule has 1 aliphatic heterocycles. The van der Waals surface area contributed by atoms with Crippen LogP contribution in [0.2, 0.25) is 0 Å². The van der Waals surface area contributed by atoms with E-state index in [-0.39, 0.29) is 0 Å². The number of rotatable bonds is 3. The number of fused-ring (bicyclic) bond motifs is 3. The molecule has 0 saturated carbocycles. The van der Waals surface area contributed by atoms with E-state index in [1.807, 2.05) is 13.0 Å². The SMILES string of the molecule is Cc1ccc2c(c1)c1c(n2CC(C)(F)c2ccnc(C)c2)CCN(C)CC1. The lowest BCUT2D eigenvalue weighted by Gasteiger charge is -2.24. The minimum absolute atomic E-state index is 0.328. The van der Waals surface area contributed by atoms with Gasteiger partial charge in [0.25, 0.3) is 0 Å². The summed E-state index contributed by atoms with van der Waals surface area (Å²) in [5.41, 5.74) is 5.22. The van der Waals surface area contributed by atoms with Crippen molar-refractivity contribution in [2.24, 2.45) is 0 Å². The van der Waals surface area contributed by atoms with Gasteiger partial charge in [-0.05, 0) is 69.6 Å². The summed E-state index contributed by atoms with van der Waals surface area (Å²) >= 11 is 0. The first kappa shape index (κ1) is 18.2. The first-order valence-corrected chi connectivity index (χ1v) is 9.76. The Morgan fingerprint density at radius 1 is 1.11 bits per heavy atom. The number of halogens is 1. The number of likely N-dealkylation sites (N-methyl/N-ethyl adjacent to an activating group) is 1. The Labute approximate surface area is 160 Å². The largest absolute Gasteiger partial charge is 0.341 e. The molecule has 3 aromatic rings. The molecule has 142 valence electrons. The van der Waals surface area contributed by atoms with Crippen LogP contribution in [0.1, 0.15) is 35.0 Å². The van der Waals surface area contributed by atoms with Gasteiger partial charge in [0.15, 0.2) is 5.67 Å². The lowest BCUT2D eigenvalue weighted by atomic mass is 9.98. The van der Waals surface area contributed by atoms with Crippen molar-refractivity contribution < 1.29 is 4.39 Å². The molecule has 0 fully saturated rings. The maximum absolute atomic E-state index is 15.9. The zero-order valence-electron chi connectivity index (χ0n) is 16.7. The summed E-state index contributed by atoms with van der Waals surface area (Å²) in [6.07, 6.45) is 3.69. The van der Waals surface area contributed by atoms with Gasteiger partial charge in [-0.15, -0.1) is 0 Å². The third-order valence-corrected chi connectivity index (χ3v) is 5.87. The minimum atomic E-state index is -1.45. The van der Waals surface area contributed by atoms with Crippen LogP contribution in [0.4, 0.5) is 4.39 Å². The molecule has 0 saturated heterocycles. The summed E-state index contributed by atoms with van der Waals surface area (Å²) in [4.78, 5) is 6.59. The predicted octanol–water partition coefficient (Wildman–Crippen LogP) is 4.57. The number of alkyl halides is 1. The van der Waals surface area contributed by atoms with E-state index >= 15 is 4.39 Å². The Morgan fingerprint density at radius 2 is 1.89 bits per heavy atom. The van der Waals surface area contributed by atoms with Crippen LogP contribution in [-0.4, -0.2) is 34.6 Å². The first-order valence-electron chi connectivity index (χ1n) is 9.76. The van der Waals surface area contributed by atoms with Crippen LogP contribution >= 0.6 is 0 Å². The van der Waals surface area contributed by atoms with Crippen molar-refractivity contribution in [1.29, 1.82) is 0 Å². The summed E-state index contributed by atoms with van der Waals surface area (Å²) in [5, 5.41) is 1.29. The van der Waals surface area contributed by atoms with Gasteiger partial charge < -0.3 is 9.47 Å².